The van der Waals surface area contributed by atoms with Crippen LogP contribution in [0.25, 0.3) is 10.2 Å². The molecule has 7 nitrogen and oxygen atoms in total. The van der Waals surface area contributed by atoms with E-state index in [2.05, 4.69) is 20.3 Å². The minimum Gasteiger partial charge on any atom is -0.495 e. The van der Waals surface area contributed by atoms with Crippen molar-refractivity contribution in [2.24, 2.45) is 10.9 Å². The zero-order valence-corrected chi connectivity index (χ0v) is 17.7. The van der Waals surface area contributed by atoms with Crippen LogP contribution in [0.2, 0.25) is 0 Å². The highest BCUT2D eigenvalue weighted by Gasteiger charge is 2.30. The SMILES string of the molecule is CCOC(=O)[C@@H]1CCc2c(sc3ncnc(Nc4cc5c(cc4OC)CN=C5)c23)C1. The number of aryl methyl sites for hydroxylation is 1. The number of hydrogen-bond donors (Lipinski definition) is 1. The number of esters is 1. The topological polar surface area (TPSA) is 85.7 Å². The predicted octanol–water partition coefficient (Wildman–Crippen LogP) is 4.04. The molecule has 0 radical (unpaired) electrons. The predicted molar refractivity (Wildman–Crippen MR) is 117 cm³/mol. The van der Waals surface area contributed by atoms with Gasteiger partial charge in [0.25, 0.3) is 0 Å². The number of fused-ring (bicyclic) bond motifs is 4. The first-order chi connectivity index (χ1) is 14.7. The summed E-state index contributed by atoms with van der Waals surface area (Å²) in [5, 5.41) is 4.50. The number of carbonyl (C=O) groups excluding carboxylic acids is 1. The Bertz CT molecular complexity index is 1170. The molecule has 5 rings (SSSR count). The molecule has 0 amide bonds. The summed E-state index contributed by atoms with van der Waals surface area (Å²) in [6, 6.07) is 4.07. The fraction of sp³-hybridized carbons (Fsp3) is 0.364. The third-order valence-corrected chi connectivity index (χ3v) is 6.83. The Kier molecular flexibility index (Phi) is 4.86. The maximum atomic E-state index is 12.2. The molecule has 2 aromatic heterocycles. The smallest absolute Gasteiger partial charge is 0.309 e. The molecule has 1 aliphatic carbocycles. The minimum atomic E-state index is -0.102. The van der Waals surface area contributed by atoms with Gasteiger partial charge in [0, 0.05) is 11.1 Å². The summed E-state index contributed by atoms with van der Waals surface area (Å²) in [6.45, 7) is 2.95. The second-order valence-corrected chi connectivity index (χ2v) is 8.53. The van der Waals surface area contributed by atoms with Gasteiger partial charge in [-0.1, -0.05) is 0 Å². The van der Waals surface area contributed by atoms with Crippen molar-refractivity contribution < 1.29 is 14.3 Å². The lowest BCUT2D eigenvalue weighted by atomic mass is 9.88. The average Bonchev–Trinajstić information content (AvgIpc) is 3.36. The molecule has 1 aromatic carbocycles. The van der Waals surface area contributed by atoms with Crippen LogP contribution in [0.3, 0.4) is 0 Å². The monoisotopic (exact) mass is 422 g/mol. The Labute approximate surface area is 178 Å². The number of thiophene rings is 1. The van der Waals surface area contributed by atoms with E-state index in [0.717, 1.165) is 51.4 Å². The molecule has 1 N–H and O–H groups in total. The highest BCUT2D eigenvalue weighted by molar-refractivity contribution is 7.19. The number of hydrogen-bond acceptors (Lipinski definition) is 8. The Morgan fingerprint density at radius 2 is 2.23 bits per heavy atom. The fourth-order valence-corrected chi connectivity index (χ4v) is 5.47. The van der Waals surface area contributed by atoms with E-state index in [9.17, 15) is 4.79 Å². The van der Waals surface area contributed by atoms with Gasteiger partial charge < -0.3 is 14.8 Å². The largest absolute Gasteiger partial charge is 0.495 e. The van der Waals surface area contributed by atoms with Crippen LogP contribution in [0.15, 0.2) is 23.5 Å². The Hall–Kier alpha value is -3.00. The first-order valence-electron chi connectivity index (χ1n) is 10.1. The van der Waals surface area contributed by atoms with Gasteiger partial charge in [-0.3, -0.25) is 9.79 Å². The van der Waals surface area contributed by atoms with E-state index in [1.807, 2.05) is 25.3 Å². The van der Waals surface area contributed by atoms with Crippen LogP contribution in [0.4, 0.5) is 11.5 Å². The molecule has 0 saturated carbocycles. The normalized spacial score (nSPS) is 16.9. The second kappa shape index (κ2) is 7.68. The van der Waals surface area contributed by atoms with Crippen molar-refractivity contribution in [2.45, 2.75) is 32.7 Å². The molecule has 154 valence electrons. The molecule has 0 spiro atoms. The van der Waals surface area contributed by atoms with Crippen LogP contribution in [-0.4, -0.2) is 35.9 Å². The standard InChI is InChI=1S/C22H22N4O3S/c1-3-29-22(27)12-4-5-15-18(8-12)30-21-19(15)20(24-11-25-21)26-16-6-13-9-23-10-14(13)7-17(16)28-2/h6-7,9,11-12H,3-5,8,10H2,1-2H3,(H,24,25,26)/t12-/m1/s1. The van der Waals surface area contributed by atoms with Crippen LogP contribution in [0, 0.1) is 5.92 Å². The molecule has 0 bridgehead atoms. The summed E-state index contributed by atoms with van der Waals surface area (Å²) in [7, 11) is 1.67. The number of benzene rings is 1. The van der Waals surface area contributed by atoms with Gasteiger partial charge in [-0.05, 0) is 55.0 Å². The van der Waals surface area contributed by atoms with Gasteiger partial charge in [-0.25, -0.2) is 9.97 Å². The van der Waals surface area contributed by atoms with Crippen molar-refractivity contribution in [3.63, 3.8) is 0 Å². The summed E-state index contributed by atoms with van der Waals surface area (Å²) in [5.74, 6) is 1.35. The first-order valence-corrected chi connectivity index (χ1v) is 10.9. The first kappa shape index (κ1) is 19.0. The van der Waals surface area contributed by atoms with Gasteiger partial charge in [0.15, 0.2) is 0 Å². The number of methoxy groups -OCH3 is 1. The fourth-order valence-electron chi connectivity index (χ4n) is 4.20. The molecule has 8 heteroatoms. The van der Waals surface area contributed by atoms with Crippen LogP contribution < -0.4 is 10.1 Å². The number of aromatic nitrogens is 2. The lowest BCUT2D eigenvalue weighted by Gasteiger charge is -2.21. The molecule has 3 heterocycles. The Morgan fingerprint density at radius 1 is 1.33 bits per heavy atom. The third kappa shape index (κ3) is 3.21. The summed E-state index contributed by atoms with van der Waals surface area (Å²) in [6.07, 6.45) is 5.76. The quantitative estimate of drug-likeness (QED) is 0.625. The van der Waals surface area contributed by atoms with Crippen molar-refractivity contribution in [3.05, 3.63) is 40.0 Å². The van der Waals surface area contributed by atoms with Crippen molar-refractivity contribution in [2.75, 3.05) is 19.0 Å². The summed E-state index contributed by atoms with van der Waals surface area (Å²) < 4.78 is 10.8. The van der Waals surface area contributed by atoms with Crippen molar-refractivity contribution in [3.8, 4) is 5.75 Å². The third-order valence-electron chi connectivity index (χ3n) is 5.67. The lowest BCUT2D eigenvalue weighted by molar-refractivity contribution is -0.148. The number of nitrogens with one attached hydrogen (secondary N) is 1. The van der Waals surface area contributed by atoms with Crippen molar-refractivity contribution >= 4 is 45.2 Å². The van der Waals surface area contributed by atoms with E-state index in [4.69, 9.17) is 9.47 Å². The number of ether oxygens (including phenoxy) is 2. The summed E-state index contributed by atoms with van der Waals surface area (Å²) in [5.41, 5.74) is 4.33. The van der Waals surface area contributed by atoms with Crippen LogP contribution in [0.1, 0.15) is 34.9 Å². The van der Waals surface area contributed by atoms with Gasteiger partial charge in [-0.15, -0.1) is 11.3 Å². The molecular weight excluding hydrogens is 400 g/mol. The molecule has 1 atom stereocenters. The zero-order chi connectivity index (χ0) is 20.7. The number of aliphatic imine (C=N–C) groups is 1. The van der Waals surface area contributed by atoms with Crippen LogP contribution in [0.5, 0.6) is 5.75 Å². The summed E-state index contributed by atoms with van der Waals surface area (Å²) in [4.78, 5) is 27.7. The number of nitrogens with zero attached hydrogens (tertiary/aromatic N) is 3. The number of rotatable bonds is 5. The lowest BCUT2D eigenvalue weighted by Crippen LogP contribution is -2.23. The highest BCUT2D eigenvalue weighted by Crippen LogP contribution is 2.41. The van der Waals surface area contributed by atoms with Gasteiger partial charge in [0.2, 0.25) is 0 Å². The van der Waals surface area contributed by atoms with E-state index in [1.54, 1.807) is 24.8 Å². The number of carbonyl (C=O) groups is 1. The maximum Gasteiger partial charge on any atom is 0.309 e. The molecule has 30 heavy (non-hydrogen) atoms. The van der Waals surface area contributed by atoms with Crippen molar-refractivity contribution in [1.29, 1.82) is 0 Å². The molecule has 0 unspecified atom stereocenters. The highest BCUT2D eigenvalue weighted by atomic mass is 32.1. The Morgan fingerprint density at radius 3 is 3.07 bits per heavy atom. The molecule has 1 aliphatic heterocycles. The molecule has 0 saturated heterocycles. The second-order valence-electron chi connectivity index (χ2n) is 7.44. The average molecular weight is 423 g/mol. The molecular formula is C22H22N4O3S. The van der Waals surface area contributed by atoms with Crippen LogP contribution >= 0.6 is 11.3 Å². The van der Waals surface area contributed by atoms with E-state index >= 15 is 0 Å². The summed E-state index contributed by atoms with van der Waals surface area (Å²) >= 11 is 1.64. The van der Waals surface area contributed by atoms with E-state index < -0.39 is 0 Å². The van der Waals surface area contributed by atoms with Gasteiger partial charge in [0.05, 0.1) is 37.3 Å². The molecule has 2 aliphatic rings. The van der Waals surface area contributed by atoms with E-state index in [0.29, 0.717) is 19.6 Å². The van der Waals surface area contributed by atoms with Crippen molar-refractivity contribution in [1.82, 2.24) is 9.97 Å². The van der Waals surface area contributed by atoms with Gasteiger partial charge in [0.1, 0.15) is 22.7 Å². The van der Waals surface area contributed by atoms with E-state index in [-0.39, 0.29) is 11.9 Å². The number of anilines is 2. The van der Waals surface area contributed by atoms with Gasteiger partial charge in [-0.2, -0.15) is 0 Å². The van der Waals surface area contributed by atoms with Gasteiger partial charge >= 0.3 is 5.97 Å². The maximum absolute atomic E-state index is 12.2. The molecule has 0 fully saturated rings. The van der Waals surface area contributed by atoms with Crippen LogP contribution in [-0.2, 0) is 28.9 Å². The minimum absolute atomic E-state index is 0.0778. The molecule has 3 aromatic rings. The zero-order valence-electron chi connectivity index (χ0n) is 16.9. The Balaban J connectivity index is 1.52. The van der Waals surface area contributed by atoms with E-state index in [1.165, 1.54) is 10.4 Å².